The van der Waals surface area contributed by atoms with Crippen LogP contribution in [0.3, 0.4) is 0 Å². The van der Waals surface area contributed by atoms with Gasteiger partial charge < -0.3 is 5.73 Å². The zero-order chi connectivity index (χ0) is 15.0. The Labute approximate surface area is 115 Å². The fraction of sp³-hybridized carbons (Fsp3) is 0.750. The van der Waals surface area contributed by atoms with E-state index in [-0.39, 0.29) is 22.0 Å². The van der Waals surface area contributed by atoms with Crippen molar-refractivity contribution in [3.8, 4) is 0 Å². The number of nitrogens with zero attached hydrogens (tertiary/aromatic N) is 2. The predicted octanol–water partition coefficient (Wildman–Crippen LogP) is 1.27. The second-order valence-electron chi connectivity index (χ2n) is 6.04. The molecule has 3 N–H and O–H groups in total. The van der Waals surface area contributed by atoms with E-state index in [2.05, 4.69) is 30.6 Å². The van der Waals surface area contributed by atoms with Gasteiger partial charge in [0.05, 0.1) is 5.69 Å². The molecule has 1 aromatic rings. The molecular weight excluding hydrogens is 264 g/mol. The lowest BCUT2D eigenvalue weighted by atomic mass is 9.82. The van der Waals surface area contributed by atoms with Crippen molar-refractivity contribution in [1.82, 2.24) is 14.5 Å². The normalized spacial score (nSPS) is 14.6. The Balaban J connectivity index is 2.94. The number of aryl methyl sites for hydroxylation is 1. The monoisotopic (exact) mass is 288 g/mol. The number of anilines is 1. The van der Waals surface area contributed by atoms with E-state index in [9.17, 15) is 8.42 Å². The minimum absolute atomic E-state index is 0.0379. The predicted molar refractivity (Wildman–Crippen MR) is 76.2 cm³/mol. The lowest BCUT2D eigenvalue weighted by Crippen LogP contribution is -2.34. The highest BCUT2D eigenvalue weighted by Crippen LogP contribution is 2.26. The van der Waals surface area contributed by atoms with Gasteiger partial charge in [0.2, 0.25) is 10.0 Å². The van der Waals surface area contributed by atoms with E-state index in [4.69, 9.17) is 5.73 Å². The van der Waals surface area contributed by atoms with Gasteiger partial charge in [-0.2, -0.15) is 5.10 Å². The summed E-state index contributed by atoms with van der Waals surface area (Å²) < 4.78 is 28.6. The first-order chi connectivity index (χ1) is 8.47. The summed E-state index contributed by atoms with van der Waals surface area (Å²) in [5.74, 6) is 0.247. The number of nitrogens with two attached hydrogens (primary N) is 1. The van der Waals surface area contributed by atoms with Crippen molar-refractivity contribution < 1.29 is 8.42 Å². The minimum Gasteiger partial charge on any atom is -0.381 e. The third-order valence-electron chi connectivity index (χ3n) is 3.63. The molecule has 0 aliphatic rings. The average molecular weight is 288 g/mol. The molecular formula is C12H24N4O2S. The van der Waals surface area contributed by atoms with Crippen molar-refractivity contribution in [2.75, 3.05) is 12.3 Å². The number of nitrogen functional groups attached to an aromatic ring is 1. The topological polar surface area (TPSA) is 90.0 Å². The molecule has 1 unspecified atom stereocenters. The third kappa shape index (κ3) is 3.48. The van der Waals surface area contributed by atoms with E-state index in [1.54, 1.807) is 14.0 Å². The Morgan fingerprint density at radius 3 is 2.32 bits per heavy atom. The van der Waals surface area contributed by atoms with Crippen LogP contribution in [0, 0.1) is 18.3 Å². The zero-order valence-electron chi connectivity index (χ0n) is 12.5. The minimum atomic E-state index is -3.61. The Morgan fingerprint density at radius 1 is 1.42 bits per heavy atom. The molecule has 0 amide bonds. The second-order valence-corrected chi connectivity index (χ2v) is 7.75. The van der Waals surface area contributed by atoms with Gasteiger partial charge in [0.15, 0.2) is 5.82 Å². The van der Waals surface area contributed by atoms with Crippen molar-refractivity contribution in [2.24, 2.45) is 18.4 Å². The number of hydrogen-bond donors (Lipinski definition) is 2. The third-order valence-corrected chi connectivity index (χ3v) is 5.22. The number of hydrogen-bond acceptors (Lipinski definition) is 4. The summed E-state index contributed by atoms with van der Waals surface area (Å²) in [6.45, 7) is 10.3. The van der Waals surface area contributed by atoms with Gasteiger partial charge in [-0.05, 0) is 18.3 Å². The molecule has 0 fully saturated rings. The van der Waals surface area contributed by atoms with Gasteiger partial charge >= 0.3 is 0 Å². The molecule has 110 valence electrons. The Morgan fingerprint density at radius 2 is 1.95 bits per heavy atom. The Hall–Kier alpha value is -1.08. The van der Waals surface area contributed by atoms with Crippen molar-refractivity contribution in [3.63, 3.8) is 0 Å². The van der Waals surface area contributed by atoms with Crippen LogP contribution in [0.4, 0.5) is 5.82 Å². The van der Waals surface area contributed by atoms with Crippen LogP contribution in [0.1, 0.15) is 33.4 Å². The lowest BCUT2D eigenvalue weighted by molar-refractivity contribution is 0.263. The van der Waals surface area contributed by atoms with E-state index >= 15 is 0 Å². The molecule has 0 aliphatic heterocycles. The van der Waals surface area contributed by atoms with Crippen molar-refractivity contribution in [2.45, 2.75) is 39.5 Å². The van der Waals surface area contributed by atoms with Crippen LogP contribution in [-0.2, 0) is 17.1 Å². The average Bonchev–Trinajstić information content (AvgIpc) is 2.48. The fourth-order valence-electron chi connectivity index (χ4n) is 1.56. The highest BCUT2D eigenvalue weighted by molar-refractivity contribution is 7.89. The first kappa shape index (κ1) is 16.0. The smallest absolute Gasteiger partial charge is 0.246 e. The summed E-state index contributed by atoms with van der Waals surface area (Å²) in [6.07, 6.45) is 0. The molecule has 0 aliphatic carbocycles. The van der Waals surface area contributed by atoms with E-state index < -0.39 is 10.0 Å². The van der Waals surface area contributed by atoms with Crippen LogP contribution in [0.5, 0.6) is 0 Å². The Kier molecular flexibility index (Phi) is 4.31. The largest absolute Gasteiger partial charge is 0.381 e. The first-order valence-electron chi connectivity index (χ1n) is 6.25. The van der Waals surface area contributed by atoms with E-state index in [1.165, 1.54) is 4.68 Å². The highest BCUT2D eigenvalue weighted by Gasteiger charge is 2.27. The summed E-state index contributed by atoms with van der Waals surface area (Å²) in [4.78, 5) is 0.0797. The Bertz CT molecular complexity index is 555. The van der Waals surface area contributed by atoms with Crippen LogP contribution in [0.25, 0.3) is 0 Å². The molecule has 0 spiro atoms. The van der Waals surface area contributed by atoms with Gasteiger partial charge in [0.25, 0.3) is 0 Å². The van der Waals surface area contributed by atoms with Crippen molar-refractivity contribution in [1.29, 1.82) is 0 Å². The summed E-state index contributed by atoms with van der Waals surface area (Å²) in [5.41, 5.74) is 6.24. The van der Waals surface area contributed by atoms with E-state index in [0.29, 0.717) is 12.2 Å². The maximum atomic E-state index is 12.3. The van der Waals surface area contributed by atoms with Crippen LogP contribution in [-0.4, -0.2) is 24.7 Å². The molecule has 0 saturated carbocycles. The highest BCUT2D eigenvalue weighted by atomic mass is 32.2. The van der Waals surface area contributed by atoms with Gasteiger partial charge in [-0.1, -0.05) is 27.7 Å². The SMILES string of the molecule is Cc1c(S(=O)(=O)NCC(C)C(C)(C)C)c(N)nn1C. The van der Waals surface area contributed by atoms with Crippen LogP contribution in [0.2, 0.25) is 0 Å². The number of nitrogens with one attached hydrogen (secondary N) is 1. The molecule has 1 heterocycles. The molecule has 1 rings (SSSR count). The maximum Gasteiger partial charge on any atom is 0.246 e. The second kappa shape index (κ2) is 5.13. The number of sulfonamides is 1. The van der Waals surface area contributed by atoms with Crippen LogP contribution < -0.4 is 10.5 Å². The quantitative estimate of drug-likeness (QED) is 0.873. The molecule has 0 saturated heterocycles. The van der Waals surface area contributed by atoms with Gasteiger partial charge in [-0.3, -0.25) is 4.68 Å². The number of aromatic nitrogens is 2. The van der Waals surface area contributed by atoms with Gasteiger partial charge in [0, 0.05) is 13.6 Å². The molecule has 0 radical (unpaired) electrons. The molecule has 0 aromatic carbocycles. The van der Waals surface area contributed by atoms with E-state index in [0.717, 1.165) is 0 Å². The molecule has 7 heteroatoms. The zero-order valence-corrected chi connectivity index (χ0v) is 13.3. The van der Waals surface area contributed by atoms with Gasteiger partial charge in [-0.15, -0.1) is 0 Å². The standard InChI is InChI=1S/C12H24N4O2S/c1-8(12(3,4)5)7-14-19(17,18)10-9(2)16(6)15-11(10)13/h8,14H,7H2,1-6H3,(H2,13,15). The van der Waals surface area contributed by atoms with Crippen molar-refractivity contribution in [3.05, 3.63) is 5.69 Å². The molecule has 1 atom stereocenters. The summed E-state index contributed by atoms with van der Waals surface area (Å²) in [5, 5.41) is 3.93. The van der Waals surface area contributed by atoms with Crippen molar-refractivity contribution >= 4 is 15.8 Å². The van der Waals surface area contributed by atoms with Crippen LogP contribution >= 0.6 is 0 Å². The van der Waals surface area contributed by atoms with Gasteiger partial charge in [-0.25, -0.2) is 13.1 Å². The summed E-state index contributed by atoms with van der Waals surface area (Å²) in [6, 6.07) is 0. The first-order valence-corrected chi connectivity index (χ1v) is 7.74. The lowest BCUT2D eigenvalue weighted by Gasteiger charge is -2.27. The molecule has 0 bridgehead atoms. The molecule has 6 nitrogen and oxygen atoms in total. The maximum absolute atomic E-state index is 12.3. The molecule has 19 heavy (non-hydrogen) atoms. The molecule has 1 aromatic heterocycles. The number of rotatable bonds is 4. The summed E-state index contributed by atoms with van der Waals surface area (Å²) in [7, 11) is -1.95. The fourth-order valence-corrected chi connectivity index (χ4v) is 3.01. The van der Waals surface area contributed by atoms with E-state index in [1.807, 2.05) is 6.92 Å². The van der Waals surface area contributed by atoms with Crippen LogP contribution in [0.15, 0.2) is 4.90 Å². The summed E-state index contributed by atoms with van der Waals surface area (Å²) >= 11 is 0. The van der Waals surface area contributed by atoms with Gasteiger partial charge in [0.1, 0.15) is 4.90 Å².